The highest BCUT2D eigenvalue weighted by atomic mass is 16.3. The normalized spacial score (nSPS) is 12.1. The van der Waals surface area contributed by atoms with Crippen LogP contribution >= 0.6 is 0 Å². The van der Waals surface area contributed by atoms with Crippen LogP contribution in [-0.4, -0.2) is 9.55 Å². The Hall–Kier alpha value is -3.79. The van der Waals surface area contributed by atoms with E-state index in [1.165, 1.54) is 39.1 Å². The molecule has 42 heavy (non-hydrogen) atoms. The van der Waals surface area contributed by atoms with Gasteiger partial charge in [0.25, 0.3) is 0 Å². The molecule has 0 aliphatic carbocycles. The Kier molecular flexibility index (Phi) is 9.66. The van der Waals surface area contributed by atoms with E-state index in [0.29, 0.717) is 11.8 Å². The Morgan fingerprint density at radius 3 is 2.02 bits per heavy atom. The van der Waals surface area contributed by atoms with Crippen molar-refractivity contribution in [3.63, 3.8) is 0 Å². The maximum Gasteiger partial charge on any atom is 0.136 e. The fraction of sp³-hybridized carbons (Fsp3) is 0.395. The summed E-state index contributed by atoms with van der Waals surface area (Å²) in [7, 11) is 2.12. The predicted octanol–water partition coefficient (Wildman–Crippen LogP) is 10.8. The molecule has 2 aromatic heterocycles. The minimum atomic E-state index is -0.125. The van der Waals surface area contributed by atoms with E-state index in [9.17, 15) is 0 Å². The molecule has 5 rings (SSSR count). The highest BCUT2D eigenvalue weighted by Gasteiger charge is 2.28. The number of nitrogens with zero attached hydrogens (tertiary/aromatic N) is 2. The molecule has 0 aliphatic heterocycles. The molecule has 0 radical (unpaired) electrons. The van der Waals surface area contributed by atoms with Crippen LogP contribution in [0, 0.1) is 20.8 Å². The summed E-state index contributed by atoms with van der Waals surface area (Å²) in [6, 6.07) is 19.5. The second-order valence-electron chi connectivity index (χ2n) is 11.9. The van der Waals surface area contributed by atoms with E-state index in [0.717, 1.165) is 40.2 Å². The minimum Gasteiger partial charge on any atom is -0.460 e. The first-order valence-corrected chi connectivity index (χ1v) is 15.6. The lowest BCUT2D eigenvalue weighted by Crippen LogP contribution is -2.21. The van der Waals surface area contributed by atoms with Crippen LogP contribution < -0.4 is 5.32 Å². The van der Waals surface area contributed by atoms with Crippen LogP contribution in [0.4, 0.5) is 5.69 Å². The van der Waals surface area contributed by atoms with Gasteiger partial charge in [-0.3, -0.25) is 0 Å². The summed E-state index contributed by atoms with van der Waals surface area (Å²) in [5.41, 5.74) is 12.0. The average molecular weight is 564 g/mol. The quantitative estimate of drug-likeness (QED) is 0.204. The lowest BCUT2D eigenvalue weighted by molar-refractivity contribution is 0.558. The third kappa shape index (κ3) is 5.90. The van der Waals surface area contributed by atoms with Gasteiger partial charge in [-0.15, -0.1) is 0 Å². The molecule has 1 atom stereocenters. The Bertz CT molecular complexity index is 1620. The van der Waals surface area contributed by atoms with Crippen molar-refractivity contribution >= 4 is 16.7 Å². The number of para-hydroxylation sites is 2. The Morgan fingerprint density at radius 1 is 0.857 bits per heavy atom. The van der Waals surface area contributed by atoms with Crippen molar-refractivity contribution in [2.45, 2.75) is 93.5 Å². The van der Waals surface area contributed by atoms with Crippen molar-refractivity contribution in [2.75, 3.05) is 5.32 Å². The van der Waals surface area contributed by atoms with Gasteiger partial charge in [-0.2, -0.15) is 0 Å². The van der Waals surface area contributed by atoms with Gasteiger partial charge in [-0.05, 0) is 66.5 Å². The zero-order chi connectivity index (χ0) is 30.7. The van der Waals surface area contributed by atoms with Gasteiger partial charge < -0.3 is 14.3 Å². The number of fused-ring (bicyclic) bond motifs is 1. The van der Waals surface area contributed by atoms with Gasteiger partial charge in [0.2, 0.25) is 0 Å². The molecule has 4 nitrogen and oxygen atoms in total. The lowest BCUT2D eigenvalue weighted by atomic mass is 9.89. The molecule has 1 N–H and O–H groups in total. The number of imidazole rings is 1. The van der Waals surface area contributed by atoms with Crippen molar-refractivity contribution in [2.24, 2.45) is 7.05 Å². The molecule has 5 aromatic rings. The van der Waals surface area contributed by atoms with Crippen molar-refractivity contribution in [1.29, 1.82) is 0 Å². The standard InChI is InChI=1S/C36H43N3O.C2H6/c1-10-30-33(28-14-11-12-17-31(28)40-30)29-20-39(9)36(37-29)35(32-24(7)18-23(6)19-25(32)8)38-34-26(21(2)3)15-13-16-27(34)22(4)5;1-2/h11-22,35,38H,10H2,1-9H3;1-2H3. The fourth-order valence-electron chi connectivity index (χ4n) is 6.27. The molecule has 0 saturated carbocycles. The van der Waals surface area contributed by atoms with E-state index in [-0.39, 0.29) is 6.04 Å². The van der Waals surface area contributed by atoms with Crippen molar-refractivity contribution in [1.82, 2.24) is 9.55 Å². The summed E-state index contributed by atoms with van der Waals surface area (Å²) in [6.07, 6.45) is 2.98. The molecule has 222 valence electrons. The number of furan rings is 1. The molecule has 0 amide bonds. The molecule has 2 heterocycles. The van der Waals surface area contributed by atoms with Crippen LogP contribution in [-0.2, 0) is 13.5 Å². The smallest absolute Gasteiger partial charge is 0.136 e. The first kappa shape index (κ1) is 31.2. The Labute approximate surface area is 253 Å². The van der Waals surface area contributed by atoms with Crippen LogP contribution in [0.2, 0.25) is 0 Å². The zero-order valence-electron chi connectivity index (χ0n) is 27.5. The van der Waals surface area contributed by atoms with Crippen LogP contribution in [0.15, 0.2) is 65.2 Å². The van der Waals surface area contributed by atoms with Gasteiger partial charge in [-0.1, -0.05) is 103 Å². The largest absolute Gasteiger partial charge is 0.460 e. The van der Waals surface area contributed by atoms with Crippen molar-refractivity contribution < 1.29 is 4.42 Å². The molecule has 4 heteroatoms. The average Bonchev–Trinajstić information content (AvgIpc) is 3.52. The van der Waals surface area contributed by atoms with E-state index < -0.39 is 0 Å². The lowest BCUT2D eigenvalue weighted by Gasteiger charge is -2.28. The number of benzene rings is 3. The second-order valence-corrected chi connectivity index (χ2v) is 11.9. The summed E-state index contributed by atoms with van der Waals surface area (Å²) in [4.78, 5) is 5.38. The maximum absolute atomic E-state index is 6.26. The van der Waals surface area contributed by atoms with Gasteiger partial charge in [0.05, 0.1) is 11.3 Å². The Morgan fingerprint density at radius 2 is 1.45 bits per heavy atom. The third-order valence-electron chi connectivity index (χ3n) is 8.10. The van der Waals surface area contributed by atoms with Crippen LogP contribution in [0.3, 0.4) is 0 Å². The molecule has 0 saturated heterocycles. The van der Waals surface area contributed by atoms with Gasteiger partial charge in [0, 0.05) is 30.7 Å². The van der Waals surface area contributed by atoms with E-state index >= 15 is 0 Å². The van der Waals surface area contributed by atoms with Gasteiger partial charge >= 0.3 is 0 Å². The number of anilines is 1. The zero-order valence-corrected chi connectivity index (χ0v) is 27.5. The summed E-state index contributed by atoms with van der Waals surface area (Å²) in [6.45, 7) is 21.9. The molecular formula is C38H49N3O. The number of hydrogen-bond donors (Lipinski definition) is 1. The molecule has 0 aliphatic rings. The molecular weight excluding hydrogens is 514 g/mol. The molecule has 0 fully saturated rings. The van der Waals surface area contributed by atoms with Gasteiger partial charge in [0.15, 0.2) is 0 Å². The van der Waals surface area contributed by atoms with E-state index in [1.54, 1.807) is 0 Å². The van der Waals surface area contributed by atoms with Crippen LogP contribution in [0.1, 0.15) is 111 Å². The number of aromatic nitrogens is 2. The number of hydrogen-bond acceptors (Lipinski definition) is 3. The summed E-state index contributed by atoms with van der Waals surface area (Å²) in [5, 5.41) is 5.19. The number of nitrogens with one attached hydrogen (secondary N) is 1. The summed E-state index contributed by atoms with van der Waals surface area (Å²) < 4.78 is 8.46. The first-order valence-electron chi connectivity index (χ1n) is 15.6. The van der Waals surface area contributed by atoms with Gasteiger partial charge in [-0.25, -0.2) is 4.98 Å². The van der Waals surface area contributed by atoms with Crippen molar-refractivity contribution in [3.8, 4) is 11.3 Å². The summed E-state index contributed by atoms with van der Waals surface area (Å²) in [5.74, 6) is 2.75. The summed E-state index contributed by atoms with van der Waals surface area (Å²) >= 11 is 0. The van der Waals surface area contributed by atoms with Gasteiger partial charge in [0.1, 0.15) is 23.2 Å². The monoisotopic (exact) mass is 563 g/mol. The first-order chi connectivity index (χ1) is 20.1. The molecule has 0 spiro atoms. The molecule has 1 unspecified atom stereocenters. The van der Waals surface area contributed by atoms with E-state index in [2.05, 4.69) is 121 Å². The highest BCUT2D eigenvalue weighted by Crippen LogP contribution is 2.40. The molecule has 3 aromatic carbocycles. The van der Waals surface area contributed by atoms with Crippen molar-refractivity contribution in [3.05, 3.63) is 106 Å². The second kappa shape index (κ2) is 13.0. The van der Waals surface area contributed by atoms with E-state index in [4.69, 9.17) is 9.40 Å². The fourth-order valence-corrected chi connectivity index (χ4v) is 6.27. The minimum absolute atomic E-state index is 0.125. The maximum atomic E-state index is 6.26. The number of rotatable bonds is 8. The molecule has 0 bridgehead atoms. The van der Waals surface area contributed by atoms with E-state index in [1.807, 2.05) is 26.0 Å². The third-order valence-corrected chi connectivity index (χ3v) is 8.10. The Balaban J connectivity index is 0.00000198. The predicted molar refractivity (Wildman–Crippen MR) is 180 cm³/mol. The number of aryl methyl sites for hydroxylation is 5. The van der Waals surface area contributed by atoms with Crippen LogP contribution in [0.25, 0.3) is 22.2 Å². The SMILES string of the molecule is CC.CCc1oc2ccccc2c1-c1cn(C)c(C(Nc2c(C(C)C)cccc2C(C)C)c2c(C)cc(C)cc2C)n1. The van der Waals surface area contributed by atoms with Crippen LogP contribution in [0.5, 0.6) is 0 Å². The highest BCUT2D eigenvalue weighted by molar-refractivity contribution is 5.94. The topological polar surface area (TPSA) is 43.0 Å².